The van der Waals surface area contributed by atoms with Gasteiger partial charge in [0, 0.05) is 16.6 Å². The van der Waals surface area contributed by atoms with Crippen LogP contribution in [0.4, 0.5) is 0 Å². The van der Waals surface area contributed by atoms with Gasteiger partial charge in [0.1, 0.15) is 0 Å². The van der Waals surface area contributed by atoms with Crippen LogP contribution < -0.4 is 5.32 Å². The third-order valence-corrected chi connectivity index (χ3v) is 3.18. The summed E-state index contributed by atoms with van der Waals surface area (Å²) in [6.07, 6.45) is 9.26. The van der Waals surface area contributed by atoms with Crippen molar-refractivity contribution in [3.05, 3.63) is 34.5 Å². The molecule has 0 fully saturated rings. The van der Waals surface area contributed by atoms with Crippen molar-refractivity contribution in [1.29, 1.82) is 0 Å². The monoisotopic (exact) mass is 241 g/mol. The minimum Gasteiger partial charge on any atom is -0.355 e. The molecule has 0 saturated heterocycles. The Morgan fingerprint density at radius 1 is 1.58 bits per heavy atom. The molecule has 2 aliphatic rings. The first-order valence-electron chi connectivity index (χ1n) is 3.82. The second-order valence-corrected chi connectivity index (χ2v) is 4.13. The number of fused-ring (bicyclic) bond motifs is 1. The van der Waals surface area contributed by atoms with Crippen LogP contribution in [-0.4, -0.2) is 4.99 Å². The Labute approximate surface area is 85.4 Å². The molecule has 1 aliphatic heterocycles. The zero-order chi connectivity index (χ0) is 8.55. The van der Waals surface area contributed by atoms with Crippen LogP contribution in [0.25, 0.3) is 0 Å². The predicted molar refractivity (Wildman–Crippen MR) is 58.1 cm³/mol. The van der Waals surface area contributed by atoms with Gasteiger partial charge >= 0.3 is 0 Å². The molecule has 0 spiro atoms. The maximum absolute atomic E-state index is 5.21. The number of thiocarbonyl (C=S) groups is 1. The summed E-state index contributed by atoms with van der Waals surface area (Å²) in [7, 11) is 0. The Bertz CT molecular complexity index is 314. The molecule has 0 aromatic carbocycles. The number of nitrogens with one attached hydrogen (secondary N) is 1. The molecule has 1 N–H and O–H groups in total. The Morgan fingerprint density at radius 2 is 2.42 bits per heavy atom. The summed E-state index contributed by atoms with van der Waals surface area (Å²) in [6.45, 7) is 0. The molecule has 0 saturated carbocycles. The van der Waals surface area contributed by atoms with E-state index in [0.717, 1.165) is 15.9 Å². The topological polar surface area (TPSA) is 12.0 Å². The van der Waals surface area contributed by atoms with Crippen molar-refractivity contribution in [2.45, 2.75) is 6.42 Å². The smallest absolute Gasteiger partial charge is 0.0872 e. The largest absolute Gasteiger partial charge is 0.355 e. The van der Waals surface area contributed by atoms with E-state index >= 15 is 0 Å². The molecule has 62 valence electrons. The number of halogens is 1. The standard InChI is InChI=1S/C9H8BrNS/c10-8-5-11-9(12)7-4-2-1-3-6(7)8/h1-3,5,7H,4H2,(H,11,12). The number of hydrogen-bond acceptors (Lipinski definition) is 1. The number of rotatable bonds is 0. The molecule has 2 rings (SSSR count). The zero-order valence-electron chi connectivity index (χ0n) is 6.38. The lowest BCUT2D eigenvalue weighted by molar-refractivity contribution is 0.801. The minimum absolute atomic E-state index is 0.379. The molecule has 0 bridgehead atoms. The molecule has 0 aromatic rings. The first-order chi connectivity index (χ1) is 5.79. The fourth-order valence-corrected chi connectivity index (χ4v) is 2.25. The number of allylic oxidation sites excluding steroid dienone is 4. The van der Waals surface area contributed by atoms with Crippen molar-refractivity contribution < 1.29 is 0 Å². The van der Waals surface area contributed by atoms with Gasteiger partial charge in [-0.05, 0) is 27.9 Å². The summed E-state index contributed by atoms with van der Waals surface area (Å²) in [4.78, 5) is 0.925. The third-order valence-electron chi connectivity index (χ3n) is 2.09. The highest BCUT2D eigenvalue weighted by molar-refractivity contribution is 9.12. The zero-order valence-corrected chi connectivity index (χ0v) is 8.78. The van der Waals surface area contributed by atoms with Crippen LogP contribution in [0.3, 0.4) is 0 Å². The van der Waals surface area contributed by atoms with Crippen molar-refractivity contribution in [1.82, 2.24) is 5.32 Å². The highest BCUT2D eigenvalue weighted by atomic mass is 79.9. The van der Waals surface area contributed by atoms with Gasteiger partial charge in [-0.1, -0.05) is 30.4 Å². The van der Waals surface area contributed by atoms with E-state index in [1.54, 1.807) is 0 Å². The summed E-state index contributed by atoms with van der Waals surface area (Å²) in [5, 5.41) is 3.08. The molecule has 3 heteroatoms. The molecule has 0 radical (unpaired) electrons. The Kier molecular flexibility index (Phi) is 2.15. The van der Waals surface area contributed by atoms with Crippen molar-refractivity contribution in [3.8, 4) is 0 Å². The van der Waals surface area contributed by atoms with Crippen LogP contribution in [0.1, 0.15) is 6.42 Å². The van der Waals surface area contributed by atoms with Crippen molar-refractivity contribution in [2.75, 3.05) is 0 Å². The van der Waals surface area contributed by atoms with Crippen LogP contribution in [-0.2, 0) is 0 Å². The second-order valence-electron chi connectivity index (χ2n) is 2.84. The molecule has 0 aromatic heterocycles. The molecule has 1 heterocycles. The van der Waals surface area contributed by atoms with Gasteiger partial charge in [0.2, 0.25) is 0 Å². The van der Waals surface area contributed by atoms with E-state index in [1.807, 2.05) is 6.20 Å². The highest BCUT2D eigenvalue weighted by Crippen LogP contribution is 2.33. The van der Waals surface area contributed by atoms with Gasteiger partial charge in [-0.2, -0.15) is 0 Å². The molecule has 1 aliphatic carbocycles. The first kappa shape index (κ1) is 8.20. The summed E-state index contributed by atoms with van der Waals surface area (Å²) in [6, 6.07) is 0. The molecular formula is C9H8BrNS. The van der Waals surface area contributed by atoms with Gasteiger partial charge in [0.15, 0.2) is 0 Å². The van der Waals surface area contributed by atoms with Gasteiger partial charge in [-0.3, -0.25) is 0 Å². The quantitative estimate of drug-likeness (QED) is 0.655. The van der Waals surface area contributed by atoms with Crippen molar-refractivity contribution >= 4 is 33.1 Å². The van der Waals surface area contributed by atoms with Gasteiger partial charge in [-0.25, -0.2) is 0 Å². The van der Waals surface area contributed by atoms with Crippen LogP contribution in [0.5, 0.6) is 0 Å². The van der Waals surface area contributed by atoms with E-state index in [9.17, 15) is 0 Å². The van der Waals surface area contributed by atoms with Gasteiger partial charge in [-0.15, -0.1) is 0 Å². The van der Waals surface area contributed by atoms with E-state index in [0.29, 0.717) is 5.92 Å². The summed E-state index contributed by atoms with van der Waals surface area (Å²) in [5.74, 6) is 0.379. The van der Waals surface area contributed by atoms with E-state index in [1.165, 1.54) is 5.57 Å². The SMILES string of the molecule is S=C1NC=C(Br)C2=CC=CCC12. The predicted octanol–water partition coefficient (Wildman–Crippen LogP) is 2.66. The lowest BCUT2D eigenvalue weighted by Gasteiger charge is -2.26. The Hall–Kier alpha value is -0.410. The third kappa shape index (κ3) is 1.27. The fraction of sp³-hybridized carbons (Fsp3) is 0.222. The maximum atomic E-state index is 5.21. The lowest BCUT2D eigenvalue weighted by Crippen LogP contribution is -2.31. The molecule has 1 nitrogen and oxygen atoms in total. The maximum Gasteiger partial charge on any atom is 0.0872 e. The molecule has 0 amide bonds. The van der Waals surface area contributed by atoms with Crippen LogP contribution in [0, 0.1) is 5.92 Å². The fourth-order valence-electron chi connectivity index (χ4n) is 1.44. The minimum atomic E-state index is 0.379. The van der Waals surface area contributed by atoms with Crippen LogP contribution >= 0.6 is 28.1 Å². The average Bonchev–Trinajstić information content (AvgIpc) is 2.12. The van der Waals surface area contributed by atoms with Crippen molar-refractivity contribution in [2.24, 2.45) is 5.92 Å². The van der Waals surface area contributed by atoms with E-state index in [2.05, 4.69) is 39.5 Å². The summed E-state index contributed by atoms with van der Waals surface area (Å²) < 4.78 is 1.12. The van der Waals surface area contributed by atoms with Gasteiger partial charge in [0.25, 0.3) is 0 Å². The van der Waals surface area contributed by atoms with Crippen LogP contribution in [0.15, 0.2) is 34.5 Å². The van der Waals surface area contributed by atoms with E-state index in [-0.39, 0.29) is 0 Å². The molecule has 1 atom stereocenters. The molecular weight excluding hydrogens is 234 g/mol. The Morgan fingerprint density at radius 3 is 3.17 bits per heavy atom. The molecule has 1 unspecified atom stereocenters. The van der Waals surface area contributed by atoms with Gasteiger partial charge in [0.05, 0.1) is 4.99 Å². The Balaban J connectivity index is 2.42. The van der Waals surface area contributed by atoms with Crippen LogP contribution in [0.2, 0.25) is 0 Å². The summed E-state index contributed by atoms with van der Waals surface area (Å²) >= 11 is 8.70. The highest BCUT2D eigenvalue weighted by Gasteiger charge is 2.24. The average molecular weight is 242 g/mol. The van der Waals surface area contributed by atoms with E-state index in [4.69, 9.17) is 12.2 Å². The molecule has 12 heavy (non-hydrogen) atoms. The lowest BCUT2D eigenvalue weighted by atomic mass is 9.89. The first-order valence-corrected chi connectivity index (χ1v) is 5.02. The second kappa shape index (κ2) is 3.15. The summed E-state index contributed by atoms with van der Waals surface area (Å²) in [5.41, 5.74) is 1.29. The number of hydrogen-bond donors (Lipinski definition) is 1. The normalized spacial score (nSPS) is 27.1. The van der Waals surface area contributed by atoms with Gasteiger partial charge < -0.3 is 5.32 Å². The van der Waals surface area contributed by atoms with E-state index < -0.39 is 0 Å². The van der Waals surface area contributed by atoms with Crippen molar-refractivity contribution in [3.63, 3.8) is 0 Å².